The largest absolute Gasteiger partial charge is 0.496 e. The van der Waals surface area contributed by atoms with Gasteiger partial charge in [0.25, 0.3) is 5.91 Å². The predicted octanol–water partition coefficient (Wildman–Crippen LogP) is 2.34. The van der Waals surface area contributed by atoms with Gasteiger partial charge in [0.2, 0.25) is 0 Å². The van der Waals surface area contributed by atoms with Crippen LogP contribution in [0, 0.1) is 0 Å². The van der Waals surface area contributed by atoms with Crippen molar-refractivity contribution in [2.24, 2.45) is 0 Å². The Kier molecular flexibility index (Phi) is 4.69. The van der Waals surface area contributed by atoms with Crippen LogP contribution < -0.4 is 10.1 Å². The quantitative estimate of drug-likeness (QED) is 0.922. The van der Waals surface area contributed by atoms with Crippen molar-refractivity contribution in [2.45, 2.75) is 12.7 Å². The third kappa shape index (κ3) is 3.78. The maximum atomic E-state index is 12.4. The summed E-state index contributed by atoms with van der Waals surface area (Å²) in [5.41, 5.74) is -0.593. The lowest BCUT2D eigenvalue weighted by atomic mass is 10.2. The number of nitrogens with zero attached hydrogens (tertiary/aromatic N) is 2. The fraction of sp³-hybridized carbons (Fsp3) is 0.286. The Bertz CT molecular complexity index is 653. The van der Waals surface area contributed by atoms with Gasteiger partial charge in [-0.3, -0.25) is 9.48 Å². The monoisotopic (exact) mass is 313 g/mol. The highest BCUT2D eigenvalue weighted by atomic mass is 19.4. The smallest absolute Gasteiger partial charge is 0.435 e. The molecular weight excluding hydrogens is 299 g/mol. The zero-order valence-electron chi connectivity index (χ0n) is 11.7. The van der Waals surface area contributed by atoms with Crippen LogP contribution >= 0.6 is 0 Å². The molecule has 1 N–H and O–H groups in total. The van der Waals surface area contributed by atoms with Crippen LogP contribution in [0.25, 0.3) is 0 Å². The second-order valence-electron chi connectivity index (χ2n) is 4.42. The maximum Gasteiger partial charge on any atom is 0.435 e. The molecule has 0 bridgehead atoms. The van der Waals surface area contributed by atoms with Gasteiger partial charge in [-0.1, -0.05) is 12.1 Å². The van der Waals surface area contributed by atoms with Crippen LogP contribution in [-0.4, -0.2) is 29.3 Å². The van der Waals surface area contributed by atoms with E-state index in [0.29, 0.717) is 11.3 Å². The number of rotatable bonds is 5. The summed E-state index contributed by atoms with van der Waals surface area (Å²) < 4.78 is 43.4. The number of halogens is 3. The van der Waals surface area contributed by atoms with Crippen LogP contribution in [0.15, 0.2) is 36.5 Å². The molecule has 1 amide bonds. The number of para-hydroxylation sites is 1. The van der Waals surface area contributed by atoms with Gasteiger partial charge in [-0.15, -0.1) is 0 Å². The van der Waals surface area contributed by atoms with E-state index in [9.17, 15) is 18.0 Å². The Morgan fingerprint density at radius 2 is 2.05 bits per heavy atom. The van der Waals surface area contributed by atoms with Crippen LogP contribution in [-0.2, 0) is 12.7 Å². The molecule has 0 radical (unpaired) electrons. The van der Waals surface area contributed by atoms with E-state index in [1.807, 2.05) is 0 Å². The van der Waals surface area contributed by atoms with E-state index in [4.69, 9.17) is 4.74 Å². The number of carbonyl (C=O) groups excluding carboxylic acids is 1. The first-order chi connectivity index (χ1) is 10.4. The fourth-order valence-corrected chi connectivity index (χ4v) is 1.85. The number of methoxy groups -OCH3 is 1. The minimum Gasteiger partial charge on any atom is -0.496 e. The molecule has 0 saturated carbocycles. The van der Waals surface area contributed by atoms with Crippen LogP contribution in [0.1, 0.15) is 16.1 Å². The van der Waals surface area contributed by atoms with Crippen molar-refractivity contribution >= 4 is 5.91 Å². The normalized spacial score (nSPS) is 11.3. The van der Waals surface area contributed by atoms with Gasteiger partial charge in [-0.25, -0.2) is 0 Å². The fourth-order valence-electron chi connectivity index (χ4n) is 1.85. The summed E-state index contributed by atoms with van der Waals surface area (Å²) in [5.74, 6) is 0.0686. The van der Waals surface area contributed by atoms with E-state index in [2.05, 4.69) is 10.4 Å². The number of nitrogens with one attached hydrogen (secondary N) is 1. The van der Waals surface area contributed by atoms with Crippen LogP contribution in [0.5, 0.6) is 5.75 Å². The van der Waals surface area contributed by atoms with Gasteiger partial charge >= 0.3 is 6.18 Å². The van der Waals surface area contributed by atoms with Gasteiger partial charge < -0.3 is 10.1 Å². The van der Waals surface area contributed by atoms with Crippen molar-refractivity contribution in [3.05, 3.63) is 47.8 Å². The summed E-state index contributed by atoms with van der Waals surface area (Å²) in [6, 6.07) is 7.57. The summed E-state index contributed by atoms with van der Waals surface area (Å²) in [5, 5.41) is 6.01. The van der Waals surface area contributed by atoms with Gasteiger partial charge in [0, 0.05) is 12.7 Å². The van der Waals surface area contributed by atoms with Gasteiger partial charge in [0.1, 0.15) is 5.75 Å². The predicted molar refractivity (Wildman–Crippen MR) is 72.6 cm³/mol. The van der Waals surface area contributed by atoms with Crippen molar-refractivity contribution in [1.29, 1.82) is 0 Å². The summed E-state index contributed by atoms with van der Waals surface area (Å²) in [4.78, 5) is 12.0. The molecule has 118 valence electrons. The molecule has 8 heteroatoms. The van der Waals surface area contributed by atoms with E-state index in [-0.39, 0.29) is 19.0 Å². The number of hydrogen-bond donors (Lipinski definition) is 1. The number of ether oxygens (including phenoxy) is 1. The summed E-state index contributed by atoms with van der Waals surface area (Å²) >= 11 is 0. The lowest BCUT2D eigenvalue weighted by molar-refractivity contribution is -0.141. The lowest BCUT2D eigenvalue weighted by Gasteiger charge is -2.09. The van der Waals surface area contributed by atoms with Gasteiger partial charge in [0.05, 0.1) is 19.2 Å². The van der Waals surface area contributed by atoms with Crippen LogP contribution in [0.3, 0.4) is 0 Å². The van der Waals surface area contributed by atoms with Crippen LogP contribution in [0.4, 0.5) is 13.2 Å². The molecule has 22 heavy (non-hydrogen) atoms. The number of benzene rings is 1. The SMILES string of the molecule is COc1ccccc1C(=O)NCCn1ccc(C(F)(F)F)n1. The number of carbonyl (C=O) groups is 1. The van der Waals surface area contributed by atoms with Crippen molar-refractivity contribution in [3.8, 4) is 5.75 Å². The Labute approximate surface area is 124 Å². The van der Waals surface area contributed by atoms with Gasteiger partial charge in [-0.05, 0) is 18.2 Å². The third-order valence-corrected chi connectivity index (χ3v) is 2.91. The molecule has 2 rings (SSSR count). The molecule has 1 aromatic heterocycles. The zero-order chi connectivity index (χ0) is 16.2. The number of alkyl halides is 3. The molecule has 5 nitrogen and oxygen atoms in total. The van der Waals surface area contributed by atoms with Crippen molar-refractivity contribution in [2.75, 3.05) is 13.7 Å². The molecule has 0 aliphatic rings. The van der Waals surface area contributed by atoms with Gasteiger partial charge in [0.15, 0.2) is 5.69 Å². The molecule has 0 aliphatic heterocycles. The van der Waals surface area contributed by atoms with E-state index in [1.54, 1.807) is 24.3 Å². The Morgan fingerprint density at radius 3 is 2.68 bits per heavy atom. The molecular formula is C14H14F3N3O2. The second-order valence-corrected chi connectivity index (χ2v) is 4.42. The van der Waals surface area contributed by atoms with Crippen molar-refractivity contribution < 1.29 is 22.7 Å². The third-order valence-electron chi connectivity index (χ3n) is 2.91. The minimum atomic E-state index is -4.47. The lowest BCUT2D eigenvalue weighted by Crippen LogP contribution is -2.27. The molecule has 0 saturated heterocycles. The molecule has 2 aromatic rings. The first-order valence-electron chi connectivity index (χ1n) is 6.43. The molecule has 1 heterocycles. The first kappa shape index (κ1) is 15.9. The minimum absolute atomic E-state index is 0.136. The standard InChI is InChI=1S/C14H14F3N3O2/c1-22-11-5-3-2-4-10(11)13(21)18-7-9-20-8-6-12(19-20)14(15,16)17/h2-6,8H,7,9H2,1H3,(H,18,21). The number of amides is 1. The molecule has 0 unspecified atom stereocenters. The Balaban J connectivity index is 1.91. The summed E-state index contributed by atoms with van der Waals surface area (Å²) in [6.07, 6.45) is -3.25. The Hall–Kier alpha value is -2.51. The summed E-state index contributed by atoms with van der Waals surface area (Å²) in [7, 11) is 1.45. The van der Waals surface area contributed by atoms with Crippen LogP contribution in [0.2, 0.25) is 0 Å². The summed E-state index contributed by atoms with van der Waals surface area (Å²) in [6.45, 7) is 0.285. The molecule has 0 atom stereocenters. The first-order valence-corrected chi connectivity index (χ1v) is 6.43. The number of hydrogen-bond acceptors (Lipinski definition) is 3. The zero-order valence-corrected chi connectivity index (χ0v) is 11.7. The molecule has 1 aromatic carbocycles. The average Bonchev–Trinajstić information content (AvgIpc) is 2.96. The van der Waals surface area contributed by atoms with E-state index in [0.717, 1.165) is 10.7 Å². The van der Waals surface area contributed by atoms with Gasteiger partial charge in [-0.2, -0.15) is 18.3 Å². The molecule has 0 fully saturated rings. The Morgan fingerprint density at radius 1 is 1.32 bits per heavy atom. The average molecular weight is 313 g/mol. The highest BCUT2D eigenvalue weighted by Crippen LogP contribution is 2.27. The van der Waals surface area contributed by atoms with Crippen molar-refractivity contribution in [3.63, 3.8) is 0 Å². The maximum absolute atomic E-state index is 12.4. The topological polar surface area (TPSA) is 56.1 Å². The van der Waals surface area contributed by atoms with E-state index in [1.165, 1.54) is 13.3 Å². The molecule has 0 aliphatic carbocycles. The van der Waals surface area contributed by atoms with Crippen molar-refractivity contribution in [1.82, 2.24) is 15.1 Å². The highest BCUT2D eigenvalue weighted by molar-refractivity contribution is 5.96. The highest BCUT2D eigenvalue weighted by Gasteiger charge is 2.33. The second kappa shape index (κ2) is 6.50. The molecule has 0 spiro atoms. The van der Waals surface area contributed by atoms with E-state index >= 15 is 0 Å². The number of aromatic nitrogens is 2. The van der Waals surface area contributed by atoms with E-state index < -0.39 is 11.9 Å².